The Balaban J connectivity index is 2.16. The van der Waals surface area contributed by atoms with E-state index in [0.717, 1.165) is 0 Å². The minimum Gasteiger partial charge on any atom is -0.497 e. The zero-order valence-corrected chi connectivity index (χ0v) is 17.8. The molecule has 1 aliphatic heterocycles. The number of esters is 2. The second-order valence-corrected chi connectivity index (χ2v) is 6.71. The number of amides is 2. The molecule has 1 atom stereocenters. The number of nitrogens with one attached hydrogen (secondary N) is 1. The highest BCUT2D eigenvalue weighted by atomic mass is 16.5. The highest BCUT2D eigenvalue weighted by Gasteiger charge is 2.38. The van der Waals surface area contributed by atoms with Crippen molar-refractivity contribution in [1.82, 2.24) is 5.32 Å². The quantitative estimate of drug-likeness (QED) is 0.713. The first-order valence-corrected chi connectivity index (χ1v) is 9.72. The molecule has 1 aliphatic rings. The highest BCUT2D eigenvalue weighted by Crippen LogP contribution is 2.36. The Morgan fingerprint density at radius 3 is 2.32 bits per heavy atom. The summed E-state index contributed by atoms with van der Waals surface area (Å²) in [6.07, 6.45) is 0. The number of carbonyl (C=O) groups excluding carboxylic acids is 3. The summed E-state index contributed by atoms with van der Waals surface area (Å²) in [5, 5.41) is 2.84. The fraction of sp³-hybridized carbons (Fsp3) is 0.261. The Morgan fingerprint density at radius 2 is 1.71 bits per heavy atom. The molecule has 3 rings (SSSR count). The summed E-state index contributed by atoms with van der Waals surface area (Å²) in [4.78, 5) is 39.7. The molecule has 0 aromatic heterocycles. The van der Waals surface area contributed by atoms with Crippen molar-refractivity contribution in [2.75, 3.05) is 25.7 Å². The number of hydrogen-bond acceptors (Lipinski definition) is 6. The Bertz CT molecular complexity index is 1030. The SMILES string of the molecule is CCOC(=O)C1=C(C)N(c2ccc(OC)cc2)C(=O)NC1c1ccccc1C(=O)OC. The topological polar surface area (TPSA) is 94.2 Å². The number of anilines is 1. The maximum Gasteiger partial charge on any atom is 0.338 e. The first kappa shape index (κ1) is 21.9. The van der Waals surface area contributed by atoms with Crippen LogP contribution in [0.15, 0.2) is 59.8 Å². The maximum absolute atomic E-state index is 13.1. The third kappa shape index (κ3) is 4.23. The van der Waals surface area contributed by atoms with Gasteiger partial charge in [0.15, 0.2) is 0 Å². The fourth-order valence-electron chi connectivity index (χ4n) is 3.54. The smallest absolute Gasteiger partial charge is 0.338 e. The van der Waals surface area contributed by atoms with Gasteiger partial charge in [-0.05, 0) is 49.7 Å². The number of hydrogen-bond donors (Lipinski definition) is 1. The van der Waals surface area contributed by atoms with Crippen LogP contribution in [0.3, 0.4) is 0 Å². The number of carbonyl (C=O) groups is 3. The van der Waals surface area contributed by atoms with Crippen LogP contribution in [0.4, 0.5) is 10.5 Å². The highest BCUT2D eigenvalue weighted by molar-refractivity contribution is 6.04. The summed E-state index contributed by atoms with van der Waals surface area (Å²) in [7, 11) is 2.83. The van der Waals surface area contributed by atoms with E-state index in [9.17, 15) is 14.4 Å². The van der Waals surface area contributed by atoms with E-state index in [1.165, 1.54) is 12.0 Å². The van der Waals surface area contributed by atoms with Gasteiger partial charge in [-0.15, -0.1) is 0 Å². The van der Waals surface area contributed by atoms with E-state index in [2.05, 4.69) is 5.32 Å². The molecule has 1 heterocycles. The lowest BCUT2D eigenvalue weighted by Crippen LogP contribution is -2.48. The Kier molecular flexibility index (Phi) is 6.59. The largest absolute Gasteiger partial charge is 0.497 e. The van der Waals surface area contributed by atoms with Crippen LogP contribution in [-0.4, -0.2) is 38.8 Å². The number of methoxy groups -OCH3 is 2. The zero-order valence-electron chi connectivity index (χ0n) is 17.8. The van der Waals surface area contributed by atoms with Crippen LogP contribution in [0.1, 0.15) is 35.8 Å². The second kappa shape index (κ2) is 9.34. The van der Waals surface area contributed by atoms with Crippen molar-refractivity contribution in [2.24, 2.45) is 0 Å². The normalized spacial score (nSPS) is 15.9. The van der Waals surface area contributed by atoms with Crippen molar-refractivity contribution < 1.29 is 28.6 Å². The van der Waals surface area contributed by atoms with Crippen LogP contribution in [0.2, 0.25) is 0 Å². The lowest BCUT2D eigenvalue weighted by atomic mass is 9.91. The lowest BCUT2D eigenvalue weighted by molar-refractivity contribution is -0.139. The Morgan fingerprint density at radius 1 is 1.03 bits per heavy atom. The monoisotopic (exact) mass is 424 g/mol. The summed E-state index contributed by atoms with van der Waals surface area (Å²) >= 11 is 0. The van der Waals surface area contributed by atoms with Gasteiger partial charge < -0.3 is 19.5 Å². The average molecular weight is 424 g/mol. The summed E-state index contributed by atoms with van der Waals surface area (Å²) in [6.45, 7) is 3.54. The molecule has 0 bridgehead atoms. The van der Waals surface area contributed by atoms with E-state index in [1.54, 1.807) is 69.5 Å². The number of rotatable bonds is 6. The van der Waals surface area contributed by atoms with Crippen molar-refractivity contribution in [3.63, 3.8) is 0 Å². The molecule has 2 amide bonds. The van der Waals surface area contributed by atoms with Gasteiger partial charge in [0.05, 0.1) is 43.7 Å². The number of urea groups is 1. The molecular weight excluding hydrogens is 400 g/mol. The predicted molar refractivity (Wildman–Crippen MR) is 114 cm³/mol. The Hall–Kier alpha value is -3.81. The molecule has 8 nitrogen and oxygen atoms in total. The van der Waals surface area contributed by atoms with Crippen LogP contribution in [0.25, 0.3) is 0 Å². The Labute approximate surface area is 180 Å². The molecule has 1 N–H and O–H groups in total. The molecule has 0 spiro atoms. The van der Waals surface area contributed by atoms with Crippen molar-refractivity contribution in [2.45, 2.75) is 19.9 Å². The van der Waals surface area contributed by atoms with Gasteiger partial charge in [0, 0.05) is 5.70 Å². The molecule has 0 saturated heterocycles. The van der Waals surface area contributed by atoms with Crippen LogP contribution in [-0.2, 0) is 14.3 Å². The average Bonchev–Trinajstić information content (AvgIpc) is 2.78. The van der Waals surface area contributed by atoms with Gasteiger partial charge in [0.2, 0.25) is 0 Å². The first-order chi connectivity index (χ1) is 14.9. The molecule has 0 saturated carbocycles. The van der Waals surface area contributed by atoms with E-state index < -0.39 is 24.0 Å². The number of benzene rings is 2. The van der Waals surface area contributed by atoms with Crippen molar-refractivity contribution in [3.05, 3.63) is 70.9 Å². The molecule has 31 heavy (non-hydrogen) atoms. The standard InChI is InChI=1S/C23H24N2O6/c1-5-31-22(27)19-14(2)25(15-10-12-16(29-3)13-11-15)23(28)24-20(19)17-8-6-7-9-18(17)21(26)30-4/h6-13,20H,5H2,1-4H3,(H,24,28). The molecule has 0 fully saturated rings. The van der Waals surface area contributed by atoms with Crippen LogP contribution < -0.4 is 15.0 Å². The van der Waals surface area contributed by atoms with Crippen LogP contribution in [0, 0.1) is 0 Å². The fourth-order valence-corrected chi connectivity index (χ4v) is 3.54. The molecule has 2 aromatic carbocycles. The molecule has 2 aromatic rings. The third-order valence-electron chi connectivity index (χ3n) is 4.99. The molecule has 162 valence electrons. The summed E-state index contributed by atoms with van der Waals surface area (Å²) in [5.41, 5.74) is 1.88. The van der Waals surface area contributed by atoms with Crippen LogP contribution in [0.5, 0.6) is 5.75 Å². The van der Waals surface area contributed by atoms with Gasteiger partial charge in [-0.25, -0.2) is 14.4 Å². The van der Waals surface area contributed by atoms with Gasteiger partial charge >= 0.3 is 18.0 Å². The molecule has 8 heteroatoms. The maximum atomic E-state index is 13.1. The van der Waals surface area contributed by atoms with E-state index in [1.807, 2.05) is 0 Å². The van der Waals surface area contributed by atoms with Gasteiger partial charge in [-0.3, -0.25) is 4.90 Å². The minimum absolute atomic E-state index is 0.164. The molecular formula is C23H24N2O6. The number of nitrogens with zero attached hydrogens (tertiary/aromatic N) is 1. The zero-order chi connectivity index (χ0) is 22.5. The van der Waals surface area contributed by atoms with E-state index in [0.29, 0.717) is 22.7 Å². The van der Waals surface area contributed by atoms with Crippen molar-refractivity contribution in [1.29, 1.82) is 0 Å². The van der Waals surface area contributed by atoms with E-state index >= 15 is 0 Å². The van der Waals surface area contributed by atoms with Crippen molar-refractivity contribution in [3.8, 4) is 5.75 Å². The number of ether oxygens (including phenoxy) is 3. The number of allylic oxidation sites excluding steroid dienone is 1. The third-order valence-corrected chi connectivity index (χ3v) is 4.99. The van der Waals surface area contributed by atoms with Gasteiger partial charge in [-0.2, -0.15) is 0 Å². The predicted octanol–water partition coefficient (Wildman–Crippen LogP) is 3.59. The molecule has 0 aliphatic carbocycles. The first-order valence-electron chi connectivity index (χ1n) is 9.72. The second-order valence-electron chi connectivity index (χ2n) is 6.71. The van der Waals surface area contributed by atoms with Gasteiger partial charge in [-0.1, -0.05) is 18.2 Å². The van der Waals surface area contributed by atoms with E-state index in [-0.39, 0.29) is 17.7 Å². The molecule has 1 unspecified atom stereocenters. The van der Waals surface area contributed by atoms with Gasteiger partial charge in [0.1, 0.15) is 5.75 Å². The van der Waals surface area contributed by atoms with Crippen molar-refractivity contribution >= 4 is 23.7 Å². The van der Waals surface area contributed by atoms with Gasteiger partial charge in [0.25, 0.3) is 0 Å². The van der Waals surface area contributed by atoms with E-state index in [4.69, 9.17) is 14.2 Å². The molecule has 0 radical (unpaired) electrons. The lowest BCUT2D eigenvalue weighted by Gasteiger charge is -2.35. The van der Waals surface area contributed by atoms with Crippen LogP contribution >= 0.6 is 0 Å². The minimum atomic E-state index is -0.878. The summed E-state index contributed by atoms with van der Waals surface area (Å²) < 4.78 is 15.3. The summed E-state index contributed by atoms with van der Waals surface area (Å²) in [5.74, 6) is -0.509. The summed E-state index contributed by atoms with van der Waals surface area (Å²) in [6, 6.07) is 12.2.